The second-order valence-electron chi connectivity index (χ2n) is 6.26. The topological polar surface area (TPSA) is 93.1 Å². The van der Waals surface area contributed by atoms with Crippen LogP contribution in [0, 0.1) is 5.92 Å². The number of fused-ring (bicyclic) bond motifs is 1. The first kappa shape index (κ1) is 14.9. The molecule has 2 atom stereocenters. The van der Waals surface area contributed by atoms with Crippen LogP contribution in [0.5, 0.6) is 5.75 Å². The number of ether oxygens (including phenoxy) is 1. The summed E-state index contributed by atoms with van der Waals surface area (Å²) in [5.41, 5.74) is 0.845. The number of hydrogen-bond acceptors (Lipinski definition) is 6. The van der Waals surface area contributed by atoms with E-state index in [9.17, 15) is 9.59 Å². The van der Waals surface area contributed by atoms with Crippen molar-refractivity contribution in [3.8, 4) is 5.75 Å². The molecule has 0 spiro atoms. The number of carbonyl (C=O) groups excluding carboxylic acids is 2. The second-order valence-corrected chi connectivity index (χ2v) is 6.26. The fraction of sp³-hybridized carbons (Fsp3) is 0.500. The molecule has 0 radical (unpaired) electrons. The molecule has 1 saturated heterocycles. The monoisotopic (exact) mass is 330 g/mol. The first-order valence-corrected chi connectivity index (χ1v) is 7.99. The Morgan fingerprint density at radius 2 is 2.21 bits per heavy atom. The molecule has 1 aromatic heterocycles. The summed E-state index contributed by atoms with van der Waals surface area (Å²) in [6.45, 7) is 0.810. The predicted molar refractivity (Wildman–Crippen MR) is 83.7 cm³/mol. The summed E-state index contributed by atoms with van der Waals surface area (Å²) in [5.74, 6) is -0.0867. The molecule has 4 rings (SSSR count). The van der Waals surface area contributed by atoms with Crippen molar-refractivity contribution in [3.05, 3.63) is 24.0 Å². The summed E-state index contributed by atoms with van der Waals surface area (Å²) >= 11 is 0. The molecule has 1 saturated carbocycles. The number of likely N-dealkylation sites (tertiary alicyclic amines) is 1. The lowest BCUT2D eigenvalue weighted by atomic mass is 10.0. The minimum absolute atomic E-state index is 0.158. The van der Waals surface area contributed by atoms with Crippen LogP contribution < -0.4 is 10.1 Å². The Labute approximate surface area is 138 Å². The maximum atomic E-state index is 12.7. The van der Waals surface area contributed by atoms with Gasteiger partial charge in [-0.15, -0.1) is 0 Å². The number of oxime groups is 1. The van der Waals surface area contributed by atoms with Crippen molar-refractivity contribution in [2.75, 3.05) is 20.2 Å². The largest absolute Gasteiger partial charge is 0.494 e. The van der Waals surface area contributed by atoms with Gasteiger partial charge in [0.05, 0.1) is 31.3 Å². The zero-order valence-electron chi connectivity index (χ0n) is 13.3. The molecule has 3 aliphatic rings. The van der Waals surface area contributed by atoms with Gasteiger partial charge >= 0.3 is 0 Å². The number of nitrogens with one attached hydrogen (secondary N) is 1. The van der Waals surface area contributed by atoms with E-state index < -0.39 is 0 Å². The molecule has 0 unspecified atom stereocenters. The predicted octanol–water partition coefficient (Wildman–Crippen LogP) is 0.196. The Bertz CT molecular complexity index is 716. The van der Waals surface area contributed by atoms with Gasteiger partial charge in [-0.2, -0.15) is 0 Å². The van der Waals surface area contributed by atoms with Gasteiger partial charge in [-0.1, -0.05) is 5.16 Å². The molecule has 1 N–H and O–H groups in total. The first-order valence-electron chi connectivity index (χ1n) is 7.99. The van der Waals surface area contributed by atoms with Gasteiger partial charge in [0, 0.05) is 18.8 Å². The van der Waals surface area contributed by atoms with Crippen LogP contribution in [-0.4, -0.2) is 59.8 Å². The smallest absolute Gasteiger partial charge is 0.269 e. The van der Waals surface area contributed by atoms with Gasteiger partial charge in [0.25, 0.3) is 11.8 Å². The van der Waals surface area contributed by atoms with Crippen LogP contribution in [0.25, 0.3) is 0 Å². The van der Waals surface area contributed by atoms with E-state index in [4.69, 9.17) is 9.57 Å². The lowest BCUT2D eigenvalue weighted by molar-refractivity contribution is -0.115. The van der Waals surface area contributed by atoms with Crippen LogP contribution in [0.3, 0.4) is 0 Å². The van der Waals surface area contributed by atoms with E-state index in [0.29, 0.717) is 30.1 Å². The van der Waals surface area contributed by atoms with Crippen LogP contribution in [0.4, 0.5) is 0 Å². The third kappa shape index (κ3) is 2.57. The maximum Gasteiger partial charge on any atom is 0.269 e. The van der Waals surface area contributed by atoms with Gasteiger partial charge < -0.3 is 19.8 Å². The normalized spacial score (nSPS) is 24.9. The molecule has 2 amide bonds. The maximum absolute atomic E-state index is 12.7. The van der Waals surface area contributed by atoms with Gasteiger partial charge in [0.2, 0.25) is 0 Å². The summed E-state index contributed by atoms with van der Waals surface area (Å²) in [4.78, 5) is 36.0. The van der Waals surface area contributed by atoms with Crippen LogP contribution in [-0.2, 0) is 9.63 Å². The van der Waals surface area contributed by atoms with Gasteiger partial charge in [0.15, 0.2) is 11.8 Å². The van der Waals surface area contributed by atoms with Crippen LogP contribution in [0.15, 0.2) is 23.6 Å². The Hall–Kier alpha value is -2.64. The molecule has 24 heavy (non-hydrogen) atoms. The number of nitrogens with zero attached hydrogens (tertiary/aromatic N) is 3. The second kappa shape index (κ2) is 5.77. The van der Waals surface area contributed by atoms with Crippen molar-refractivity contribution < 1.29 is 19.2 Å². The third-order valence-electron chi connectivity index (χ3n) is 4.57. The summed E-state index contributed by atoms with van der Waals surface area (Å²) in [6, 6.07) is 1.89. The lowest BCUT2D eigenvalue weighted by Gasteiger charge is -2.18. The van der Waals surface area contributed by atoms with Gasteiger partial charge in [-0.3, -0.25) is 14.6 Å². The van der Waals surface area contributed by atoms with Gasteiger partial charge in [0.1, 0.15) is 5.75 Å². The summed E-state index contributed by atoms with van der Waals surface area (Å²) in [5, 5.41) is 6.85. The lowest BCUT2D eigenvalue weighted by Crippen LogP contribution is -2.38. The molecule has 126 valence electrons. The number of carbonyl (C=O) groups is 2. The van der Waals surface area contributed by atoms with E-state index in [1.54, 1.807) is 17.2 Å². The van der Waals surface area contributed by atoms with Crippen LogP contribution in [0.2, 0.25) is 0 Å². The van der Waals surface area contributed by atoms with Gasteiger partial charge in [-0.05, 0) is 18.9 Å². The molecule has 1 aliphatic carbocycles. The number of pyridine rings is 1. The highest BCUT2D eigenvalue weighted by Gasteiger charge is 2.47. The van der Waals surface area contributed by atoms with Crippen molar-refractivity contribution in [2.45, 2.75) is 25.0 Å². The molecule has 2 aliphatic heterocycles. The van der Waals surface area contributed by atoms with E-state index in [1.807, 2.05) is 0 Å². The number of amides is 2. The van der Waals surface area contributed by atoms with E-state index in [0.717, 1.165) is 12.8 Å². The molecule has 3 heterocycles. The zero-order valence-corrected chi connectivity index (χ0v) is 13.3. The van der Waals surface area contributed by atoms with Crippen molar-refractivity contribution in [2.24, 2.45) is 11.1 Å². The number of aromatic nitrogens is 1. The van der Waals surface area contributed by atoms with E-state index in [1.165, 1.54) is 13.3 Å². The standard InChI is InChI=1S/C16H18N4O4/c1-23-12-6-17-5-4-10(12)16(22)20-7-11-13(8-20)24-19-14(11)15(21)18-9-2-3-9/h4-6,9,11,13H,2-3,7-8H2,1H3,(H,18,21)/t11-,13+/m0/s1. The highest BCUT2D eigenvalue weighted by atomic mass is 16.6. The zero-order chi connectivity index (χ0) is 16.7. The highest BCUT2D eigenvalue weighted by molar-refractivity contribution is 6.40. The van der Waals surface area contributed by atoms with E-state index >= 15 is 0 Å². The molecule has 2 fully saturated rings. The van der Waals surface area contributed by atoms with Crippen LogP contribution >= 0.6 is 0 Å². The third-order valence-corrected chi connectivity index (χ3v) is 4.57. The van der Waals surface area contributed by atoms with Crippen molar-refractivity contribution >= 4 is 17.5 Å². The first-order chi connectivity index (χ1) is 11.7. The molecule has 8 nitrogen and oxygen atoms in total. The van der Waals surface area contributed by atoms with Crippen molar-refractivity contribution in [3.63, 3.8) is 0 Å². The Kier molecular flexibility index (Phi) is 3.59. The highest BCUT2D eigenvalue weighted by Crippen LogP contribution is 2.30. The number of methoxy groups -OCH3 is 1. The fourth-order valence-electron chi connectivity index (χ4n) is 3.09. The SMILES string of the molecule is COc1cnccc1C(=O)N1C[C@@H]2C(C(=O)NC3CC3)=NO[C@@H]2C1. The Morgan fingerprint density at radius 3 is 2.96 bits per heavy atom. The Balaban J connectivity index is 1.47. The summed E-state index contributed by atoms with van der Waals surface area (Å²) in [6.07, 6.45) is 4.83. The minimum atomic E-state index is -0.262. The summed E-state index contributed by atoms with van der Waals surface area (Å²) in [7, 11) is 1.50. The quantitative estimate of drug-likeness (QED) is 0.851. The molecule has 0 aromatic carbocycles. The van der Waals surface area contributed by atoms with E-state index in [2.05, 4.69) is 15.5 Å². The number of rotatable bonds is 4. The minimum Gasteiger partial charge on any atom is -0.494 e. The van der Waals surface area contributed by atoms with E-state index in [-0.39, 0.29) is 29.9 Å². The average molecular weight is 330 g/mol. The Morgan fingerprint density at radius 1 is 1.38 bits per heavy atom. The van der Waals surface area contributed by atoms with Crippen molar-refractivity contribution in [1.29, 1.82) is 0 Å². The summed E-state index contributed by atoms with van der Waals surface area (Å²) < 4.78 is 5.20. The average Bonchev–Trinajstić information content (AvgIpc) is 3.17. The number of hydrogen-bond donors (Lipinski definition) is 1. The van der Waals surface area contributed by atoms with Crippen LogP contribution in [0.1, 0.15) is 23.2 Å². The molecule has 8 heteroatoms. The fourth-order valence-corrected chi connectivity index (χ4v) is 3.09. The molecule has 1 aromatic rings. The molecular formula is C16H18N4O4. The van der Waals surface area contributed by atoms with Crippen molar-refractivity contribution in [1.82, 2.24) is 15.2 Å². The molecule has 0 bridgehead atoms. The molecular weight excluding hydrogens is 312 g/mol. The van der Waals surface area contributed by atoms with Gasteiger partial charge in [-0.25, -0.2) is 0 Å².